The van der Waals surface area contributed by atoms with Crippen LogP contribution in [-0.2, 0) is 0 Å². The topological polar surface area (TPSA) is 94.8 Å². The fraction of sp³-hybridized carbons (Fsp3) is 0.273. The van der Waals surface area contributed by atoms with Gasteiger partial charge in [-0.05, 0) is 24.1 Å². The molecular formula is C11H12O5. The van der Waals surface area contributed by atoms with Crippen molar-refractivity contribution in [2.24, 2.45) is 0 Å². The number of aliphatic hydroxyl groups is 1. The molecule has 0 aliphatic carbocycles. The predicted molar refractivity (Wildman–Crippen MR) is 55.6 cm³/mol. The highest BCUT2D eigenvalue weighted by Gasteiger charge is 2.17. The van der Waals surface area contributed by atoms with E-state index in [4.69, 9.17) is 10.2 Å². The number of carboxylic acids is 2. The van der Waals surface area contributed by atoms with E-state index in [1.807, 2.05) is 0 Å². The van der Waals surface area contributed by atoms with Crippen LogP contribution in [0.15, 0.2) is 18.2 Å². The molecule has 0 amide bonds. The van der Waals surface area contributed by atoms with E-state index < -0.39 is 18.0 Å². The molecule has 0 fully saturated rings. The van der Waals surface area contributed by atoms with Crippen LogP contribution in [0.5, 0.6) is 0 Å². The summed E-state index contributed by atoms with van der Waals surface area (Å²) in [6.45, 7) is 1.75. The summed E-state index contributed by atoms with van der Waals surface area (Å²) in [7, 11) is 0. The summed E-state index contributed by atoms with van der Waals surface area (Å²) in [6, 6.07) is 3.81. The molecule has 0 aliphatic heterocycles. The van der Waals surface area contributed by atoms with Crippen molar-refractivity contribution < 1.29 is 24.9 Å². The monoisotopic (exact) mass is 224 g/mol. The van der Waals surface area contributed by atoms with Crippen LogP contribution in [0, 0.1) is 0 Å². The molecule has 0 spiro atoms. The average Bonchev–Trinajstić information content (AvgIpc) is 2.26. The maximum atomic E-state index is 10.8. The first-order chi connectivity index (χ1) is 7.47. The number of hydrogen-bond acceptors (Lipinski definition) is 3. The van der Waals surface area contributed by atoms with E-state index in [2.05, 4.69) is 0 Å². The second kappa shape index (κ2) is 4.76. The summed E-state index contributed by atoms with van der Waals surface area (Å²) in [5, 5.41) is 27.1. The third kappa shape index (κ3) is 2.38. The first-order valence-corrected chi connectivity index (χ1v) is 4.76. The summed E-state index contributed by atoms with van der Waals surface area (Å²) < 4.78 is 0. The standard InChI is InChI=1S/C11H12O5/c1-2-9(12)6-3-4-7(10(13)14)8(5-6)11(15)16/h3-5,9,12H,2H2,1H3,(H,13,14)(H,15,16). The first kappa shape index (κ1) is 12.2. The number of hydrogen-bond donors (Lipinski definition) is 3. The molecule has 0 aliphatic rings. The lowest BCUT2D eigenvalue weighted by Crippen LogP contribution is -2.09. The third-order valence-electron chi connectivity index (χ3n) is 2.28. The number of carbonyl (C=O) groups is 2. The van der Waals surface area contributed by atoms with Gasteiger partial charge in [0.25, 0.3) is 0 Å². The molecule has 1 atom stereocenters. The van der Waals surface area contributed by atoms with Crippen LogP contribution in [0.4, 0.5) is 0 Å². The second-order valence-corrected chi connectivity index (χ2v) is 3.34. The van der Waals surface area contributed by atoms with Crippen LogP contribution in [-0.4, -0.2) is 27.3 Å². The Morgan fingerprint density at radius 1 is 1.19 bits per heavy atom. The molecule has 1 aromatic carbocycles. The Morgan fingerprint density at radius 2 is 1.75 bits per heavy atom. The molecule has 16 heavy (non-hydrogen) atoms. The number of benzene rings is 1. The predicted octanol–water partition coefficient (Wildman–Crippen LogP) is 1.53. The van der Waals surface area contributed by atoms with E-state index in [1.165, 1.54) is 18.2 Å². The van der Waals surface area contributed by atoms with Crippen LogP contribution >= 0.6 is 0 Å². The van der Waals surface area contributed by atoms with E-state index in [9.17, 15) is 14.7 Å². The summed E-state index contributed by atoms with van der Waals surface area (Å²) in [5.74, 6) is -2.61. The highest BCUT2D eigenvalue weighted by Crippen LogP contribution is 2.20. The molecule has 0 saturated heterocycles. The average molecular weight is 224 g/mol. The van der Waals surface area contributed by atoms with Gasteiger partial charge in [-0.15, -0.1) is 0 Å². The van der Waals surface area contributed by atoms with Gasteiger partial charge in [0.15, 0.2) is 0 Å². The Bertz CT molecular complexity index is 424. The highest BCUT2D eigenvalue weighted by molar-refractivity contribution is 6.01. The molecule has 0 aromatic heterocycles. The van der Waals surface area contributed by atoms with Gasteiger partial charge in [0.05, 0.1) is 17.2 Å². The number of aliphatic hydroxyl groups excluding tert-OH is 1. The fourth-order valence-electron chi connectivity index (χ4n) is 1.37. The second-order valence-electron chi connectivity index (χ2n) is 3.34. The Morgan fingerprint density at radius 3 is 2.19 bits per heavy atom. The van der Waals surface area contributed by atoms with E-state index in [0.717, 1.165) is 0 Å². The molecule has 86 valence electrons. The fourth-order valence-corrected chi connectivity index (χ4v) is 1.37. The summed E-state index contributed by atoms with van der Waals surface area (Å²) in [4.78, 5) is 21.6. The number of carboxylic acid groups (broad SMARTS) is 2. The molecule has 0 heterocycles. The van der Waals surface area contributed by atoms with Crippen molar-refractivity contribution in [3.05, 3.63) is 34.9 Å². The number of rotatable bonds is 4. The molecule has 3 N–H and O–H groups in total. The molecule has 5 nitrogen and oxygen atoms in total. The van der Waals surface area contributed by atoms with Crippen LogP contribution in [0.1, 0.15) is 45.7 Å². The Balaban J connectivity index is 3.28. The maximum Gasteiger partial charge on any atom is 0.336 e. The third-order valence-corrected chi connectivity index (χ3v) is 2.28. The first-order valence-electron chi connectivity index (χ1n) is 4.76. The van der Waals surface area contributed by atoms with Crippen LogP contribution in [0.25, 0.3) is 0 Å². The van der Waals surface area contributed by atoms with E-state index in [1.54, 1.807) is 6.92 Å². The minimum absolute atomic E-state index is 0.278. The normalized spacial score (nSPS) is 12.1. The van der Waals surface area contributed by atoms with Crippen molar-refractivity contribution in [3.8, 4) is 0 Å². The molecule has 5 heteroatoms. The zero-order chi connectivity index (χ0) is 12.3. The lowest BCUT2D eigenvalue weighted by molar-refractivity contribution is 0.0651. The van der Waals surface area contributed by atoms with Crippen LogP contribution < -0.4 is 0 Å². The Hall–Kier alpha value is -1.88. The molecule has 1 unspecified atom stereocenters. The van der Waals surface area contributed by atoms with Crippen LogP contribution in [0.3, 0.4) is 0 Å². The highest BCUT2D eigenvalue weighted by atomic mass is 16.4. The molecule has 0 saturated carbocycles. The van der Waals surface area contributed by atoms with Crippen molar-refractivity contribution >= 4 is 11.9 Å². The van der Waals surface area contributed by atoms with Crippen molar-refractivity contribution in [2.45, 2.75) is 19.4 Å². The molecule has 1 aromatic rings. The SMILES string of the molecule is CCC(O)c1ccc(C(=O)O)c(C(=O)O)c1. The zero-order valence-corrected chi connectivity index (χ0v) is 8.67. The van der Waals surface area contributed by atoms with Crippen LogP contribution in [0.2, 0.25) is 0 Å². The molecule has 0 bridgehead atoms. The smallest absolute Gasteiger partial charge is 0.336 e. The van der Waals surface area contributed by atoms with Gasteiger partial charge < -0.3 is 15.3 Å². The van der Waals surface area contributed by atoms with Gasteiger partial charge in [0.1, 0.15) is 0 Å². The van der Waals surface area contributed by atoms with Gasteiger partial charge in [-0.2, -0.15) is 0 Å². The Labute approximate surface area is 92.0 Å². The number of aromatic carboxylic acids is 2. The van der Waals surface area contributed by atoms with Gasteiger partial charge >= 0.3 is 11.9 Å². The van der Waals surface area contributed by atoms with Gasteiger partial charge in [-0.3, -0.25) is 0 Å². The van der Waals surface area contributed by atoms with Gasteiger partial charge in [-0.25, -0.2) is 9.59 Å². The quantitative estimate of drug-likeness (QED) is 0.720. The molecule has 1 rings (SSSR count). The van der Waals surface area contributed by atoms with E-state index in [-0.39, 0.29) is 11.1 Å². The van der Waals surface area contributed by atoms with E-state index >= 15 is 0 Å². The largest absolute Gasteiger partial charge is 0.478 e. The lowest BCUT2D eigenvalue weighted by atomic mass is 10.00. The molecule has 0 radical (unpaired) electrons. The van der Waals surface area contributed by atoms with Crippen molar-refractivity contribution in [1.82, 2.24) is 0 Å². The van der Waals surface area contributed by atoms with Crippen molar-refractivity contribution in [3.63, 3.8) is 0 Å². The minimum atomic E-state index is -1.32. The van der Waals surface area contributed by atoms with Gasteiger partial charge in [-0.1, -0.05) is 13.0 Å². The van der Waals surface area contributed by atoms with Crippen molar-refractivity contribution in [1.29, 1.82) is 0 Å². The zero-order valence-electron chi connectivity index (χ0n) is 8.67. The summed E-state index contributed by atoms with van der Waals surface area (Å²) in [6.07, 6.45) is -0.341. The lowest BCUT2D eigenvalue weighted by Gasteiger charge is -2.10. The van der Waals surface area contributed by atoms with E-state index in [0.29, 0.717) is 12.0 Å². The minimum Gasteiger partial charge on any atom is -0.478 e. The van der Waals surface area contributed by atoms with Gasteiger partial charge in [0.2, 0.25) is 0 Å². The van der Waals surface area contributed by atoms with Crippen molar-refractivity contribution in [2.75, 3.05) is 0 Å². The summed E-state index contributed by atoms with van der Waals surface area (Å²) in [5.41, 5.74) is -0.179. The maximum absolute atomic E-state index is 10.8. The molecular weight excluding hydrogens is 212 g/mol. The van der Waals surface area contributed by atoms with Gasteiger partial charge in [0, 0.05) is 0 Å². The Kier molecular flexibility index (Phi) is 3.63. The summed E-state index contributed by atoms with van der Waals surface area (Å²) >= 11 is 0.